The van der Waals surface area contributed by atoms with Gasteiger partial charge in [0.1, 0.15) is 11.5 Å². The lowest BCUT2D eigenvalue weighted by Crippen LogP contribution is -2.33. The Labute approximate surface area is 127 Å². The lowest BCUT2D eigenvalue weighted by Gasteiger charge is -2.11. The summed E-state index contributed by atoms with van der Waals surface area (Å²) < 4.78 is 10.6. The number of nitrogens with one attached hydrogen (secondary N) is 1. The summed E-state index contributed by atoms with van der Waals surface area (Å²) >= 11 is 0. The molecule has 0 fully saturated rings. The van der Waals surface area contributed by atoms with Gasteiger partial charge in [0.05, 0.1) is 14.2 Å². The van der Waals surface area contributed by atoms with E-state index in [1.54, 1.807) is 14.2 Å². The Balaban J connectivity index is 2.43. The van der Waals surface area contributed by atoms with Gasteiger partial charge in [0, 0.05) is 13.1 Å². The fraction of sp³-hybridized carbons (Fsp3) is 0.562. The van der Waals surface area contributed by atoms with Gasteiger partial charge in [0.15, 0.2) is 5.96 Å². The molecule has 5 heteroatoms. The second-order valence-electron chi connectivity index (χ2n) is 5.33. The second kappa shape index (κ2) is 9.10. The Bertz CT molecular complexity index is 459. The Morgan fingerprint density at radius 1 is 1.29 bits per heavy atom. The quantitative estimate of drug-likeness (QED) is 0.438. The van der Waals surface area contributed by atoms with Crippen LogP contribution in [0.15, 0.2) is 23.2 Å². The topological polar surface area (TPSA) is 68.9 Å². The van der Waals surface area contributed by atoms with Crippen LogP contribution in [0.5, 0.6) is 11.5 Å². The highest BCUT2D eigenvalue weighted by atomic mass is 16.5. The third kappa shape index (κ3) is 6.38. The van der Waals surface area contributed by atoms with Gasteiger partial charge in [-0.3, -0.25) is 4.99 Å². The van der Waals surface area contributed by atoms with Gasteiger partial charge in [-0.1, -0.05) is 13.8 Å². The highest BCUT2D eigenvalue weighted by Gasteiger charge is 2.05. The van der Waals surface area contributed by atoms with Crippen LogP contribution in [-0.2, 0) is 6.42 Å². The van der Waals surface area contributed by atoms with Gasteiger partial charge in [-0.2, -0.15) is 0 Å². The van der Waals surface area contributed by atoms with E-state index in [0.29, 0.717) is 11.9 Å². The molecule has 0 saturated carbocycles. The van der Waals surface area contributed by atoms with Crippen molar-refractivity contribution in [1.29, 1.82) is 0 Å². The first-order chi connectivity index (χ1) is 10.1. The molecule has 0 aliphatic carbocycles. The molecule has 0 bridgehead atoms. The number of aryl methyl sites for hydroxylation is 1. The summed E-state index contributed by atoms with van der Waals surface area (Å²) in [6.45, 7) is 5.77. The lowest BCUT2D eigenvalue weighted by atomic mass is 10.1. The van der Waals surface area contributed by atoms with Crippen LogP contribution in [0.4, 0.5) is 0 Å². The Morgan fingerprint density at radius 2 is 2.05 bits per heavy atom. The van der Waals surface area contributed by atoms with Gasteiger partial charge in [0.25, 0.3) is 0 Å². The first-order valence-corrected chi connectivity index (χ1v) is 7.31. The van der Waals surface area contributed by atoms with E-state index in [4.69, 9.17) is 15.2 Å². The van der Waals surface area contributed by atoms with Crippen molar-refractivity contribution in [1.82, 2.24) is 5.32 Å². The molecule has 0 amide bonds. The van der Waals surface area contributed by atoms with Crippen molar-refractivity contribution in [3.05, 3.63) is 23.8 Å². The number of rotatable bonds is 8. The Morgan fingerprint density at radius 3 is 2.67 bits per heavy atom. The van der Waals surface area contributed by atoms with E-state index in [9.17, 15) is 0 Å². The summed E-state index contributed by atoms with van der Waals surface area (Å²) in [6.07, 6.45) is 1.84. The van der Waals surface area contributed by atoms with Crippen LogP contribution >= 0.6 is 0 Å². The first-order valence-electron chi connectivity index (χ1n) is 7.31. The molecule has 0 unspecified atom stereocenters. The van der Waals surface area contributed by atoms with Crippen molar-refractivity contribution in [2.24, 2.45) is 16.6 Å². The molecule has 21 heavy (non-hydrogen) atoms. The maximum Gasteiger partial charge on any atom is 0.188 e. The van der Waals surface area contributed by atoms with Crippen LogP contribution in [0.25, 0.3) is 0 Å². The van der Waals surface area contributed by atoms with Gasteiger partial charge in [-0.25, -0.2) is 0 Å². The zero-order valence-electron chi connectivity index (χ0n) is 13.5. The Kier molecular flexibility index (Phi) is 7.43. The molecule has 0 aromatic heterocycles. The normalized spacial score (nSPS) is 11.6. The molecule has 1 aromatic carbocycles. The maximum atomic E-state index is 5.80. The molecule has 0 atom stereocenters. The number of guanidine groups is 1. The number of methoxy groups -OCH3 is 2. The monoisotopic (exact) mass is 293 g/mol. The summed E-state index contributed by atoms with van der Waals surface area (Å²) in [5.74, 6) is 2.77. The molecule has 0 heterocycles. The van der Waals surface area contributed by atoms with Gasteiger partial charge in [-0.15, -0.1) is 0 Å². The first kappa shape index (κ1) is 17.1. The van der Waals surface area contributed by atoms with Crippen molar-refractivity contribution >= 4 is 5.96 Å². The molecule has 0 radical (unpaired) electrons. The average molecular weight is 293 g/mol. The molecule has 1 aromatic rings. The van der Waals surface area contributed by atoms with E-state index in [1.807, 2.05) is 18.2 Å². The predicted octanol–water partition coefficient (Wildman–Crippen LogP) is 2.20. The number of ether oxygens (including phenoxy) is 2. The summed E-state index contributed by atoms with van der Waals surface area (Å²) in [5.41, 5.74) is 6.93. The summed E-state index contributed by atoms with van der Waals surface area (Å²) in [7, 11) is 3.35. The summed E-state index contributed by atoms with van der Waals surface area (Å²) in [6, 6.07) is 5.84. The Hall–Kier alpha value is -1.91. The van der Waals surface area contributed by atoms with Crippen LogP contribution in [0.2, 0.25) is 0 Å². The molecule has 0 saturated heterocycles. The highest BCUT2D eigenvalue weighted by molar-refractivity contribution is 5.77. The minimum atomic E-state index is 0.515. The fourth-order valence-corrected chi connectivity index (χ4v) is 1.91. The molecular formula is C16H27N3O2. The third-order valence-corrected chi connectivity index (χ3v) is 3.04. The SMILES string of the molecule is COc1ccc(OC)c(CCCNC(N)=NCC(C)C)c1. The van der Waals surface area contributed by atoms with Gasteiger partial charge in [-0.05, 0) is 42.5 Å². The fourth-order valence-electron chi connectivity index (χ4n) is 1.91. The van der Waals surface area contributed by atoms with Crippen molar-refractivity contribution in [3.63, 3.8) is 0 Å². The molecule has 5 nitrogen and oxygen atoms in total. The van der Waals surface area contributed by atoms with Crippen molar-refractivity contribution in [2.75, 3.05) is 27.3 Å². The lowest BCUT2D eigenvalue weighted by molar-refractivity contribution is 0.398. The number of aliphatic imine (C=N–C) groups is 1. The number of hydrogen-bond donors (Lipinski definition) is 2. The van der Waals surface area contributed by atoms with E-state index >= 15 is 0 Å². The smallest absolute Gasteiger partial charge is 0.188 e. The minimum absolute atomic E-state index is 0.515. The largest absolute Gasteiger partial charge is 0.497 e. The summed E-state index contributed by atoms with van der Waals surface area (Å²) in [4.78, 5) is 4.27. The molecular weight excluding hydrogens is 266 g/mol. The molecule has 0 spiro atoms. The molecule has 1 rings (SSSR count). The van der Waals surface area contributed by atoms with Gasteiger partial charge < -0.3 is 20.5 Å². The number of hydrogen-bond acceptors (Lipinski definition) is 3. The van der Waals surface area contributed by atoms with Crippen LogP contribution < -0.4 is 20.5 Å². The van der Waals surface area contributed by atoms with Crippen molar-refractivity contribution in [2.45, 2.75) is 26.7 Å². The van der Waals surface area contributed by atoms with Gasteiger partial charge >= 0.3 is 0 Å². The van der Waals surface area contributed by atoms with E-state index in [1.165, 1.54) is 0 Å². The van der Waals surface area contributed by atoms with Crippen LogP contribution in [-0.4, -0.2) is 33.3 Å². The van der Waals surface area contributed by atoms with E-state index in [0.717, 1.165) is 43.0 Å². The van der Waals surface area contributed by atoms with Crippen LogP contribution in [0, 0.1) is 5.92 Å². The standard InChI is InChI=1S/C16H27N3O2/c1-12(2)11-19-16(17)18-9-5-6-13-10-14(20-3)7-8-15(13)21-4/h7-8,10,12H,5-6,9,11H2,1-4H3,(H3,17,18,19). The van der Waals surface area contributed by atoms with Crippen LogP contribution in [0.1, 0.15) is 25.8 Å². The second-order valence-corrected chi connectivity index (χ2v) is 5.33. The van der Waals surface area contributed by atoms with E-state index in [2.05, 4.69) is 24.2 Å². The third-order valence-electron chi connectivity index (χ3n) is 3.04. The molecule has 3 N–H and O–H groups in total. The number of nitrogens with zero attached hydrogens (tertiary/aromatic N) is 1. The molecule has 0 aliphatic rings. The van der Waals surface area contributed by atoms with E-state index < -0.39 is 0 Å². The summed E-state index contributed by atoms with van der Waals surface area (Å²) in [5, 5.41) is 3.13. The maximum absolute atomic E-state index is 5.80. The average Bonchev–Trinajstić information content (AvgIpc) is 2.49. The zero-order valence-corrected chi connectivity index (χ0v) is 13.5. The molecule has 0 aliphatic heterocycles. The van der Waals surface area contributed by atoms with Crippen LogP contribution in [0.3, 0.4) is 0 Å². The number of benzene rings is 1. The van der Waals surface area contributed by atoms with Gasteiger partial charge in [0.2, 0.25) is 0 Å². The highest BCUT2D eigenvalue weighted by Crippen LogP contribution is 2.24. The van der Waals surface area contributed by atoms with Crippen molar-refractivity contribution < 1.29 is 9.47 Å². The van der Waals surface area contributed by atoms with Crippen molar-refractivity contribution in [3.8, 4) is 11.5 Å². The zero-order chi connectivity index (χ0) is 15.7. The van der Waals surface area contributed by atoms with E-state index in [-0.39, 0.29) is 0 Å². The number of nitrogens with two attached hydrogens (primary N) is 1. The molecule has 118 valence electrons. The predicted molar refractivity (Wildman–Crippen MR) is 87.2 cm³/mol. The minimum Gasteiger partial charge on any atom is -0.497 e.